The van der Waals surface area contributed by atoms with Gasteiger partial charge in [0.1, 0.15) is 5.75 Å². The molecule has 1 rings (SSSR count). The molecule has 0 aromatic heterocycles. The van der Waals surface area contributed by atoms with Crippen molar-refractivity contribution in [1.82, 2.24) is 0 Å². The number of rotatable bonds is 38. The van der Waals surface area contributed by atoms with Crippen LogP contribution in [0.25, 0.3) is 0 Å². The minimum absolute atomic E-state index is 0.129. The van der Waals surface area contributed by atoms with Gasteiger partial charge in [-0.15, -0.1) is 0 Å². The van der Waals surface area contributed by atoms with Crippen LogP contribution in [0.15, 0.2) is 6.07 Å². The number of hydrogen-bond acceptors (Lipinski definition) is 3. The molecule has 0 aliphatic carbocycles. The van der Waals surface area contributed by atoms with E-state index in [-0.39, 0.29) is 17.4 Å². The summed E-state index contributed by atoms with van der Waals surface area (Å²) in [5.74, 6) is 1.05. The van der Waals surface area contributed by atoms with Crippen LogP contribution in [0.5, 0.6) is 5.75 Å². The van der Waals surface area contributed by atoms with Crippen molar-refractivity contribution < 1.29 is 18.7 Å². The summed E-state index contributed by atoms with van der Waals surface area (Å²) < 4.78 is 24.0. The minimum atomic E-state index is -3.02. The van der Waals surface area contributed by atoms with E-state index in [1.807, 2.05) is 0 Å². The Bertz CT molecular complexity index is 1080. The summed E-state index contributed by atoms with van der Waals surface area (Å²) in [5, 5.41) is 0. The Hall–Kier alpha value is -0.830. The second-order valence-corrected chi connectivity index (χ2v) is 20.3. The van der Waals surface area contributed by atoms with E-state index >= 15 is 0 Å². The topological polar surface area (TPSA) is 55.8 Å². The molecule has 0 heterocycles. The van der Waals surface area contributed by atoms with Gasteiger partial charge in [-0.1, -0.05) is 248 Å². The number of benzene rings is 1. The highest BCUT2D eigenvalue weighted by Gasteiger charge is 2.31. The lowest BCUT2D eigenvalue weighted by Gasteiger charge is -2.33. The normalized spacial score (nSPS) is 12.8. The van der Waals surface area contributed by atoms with E-state index in [4.69, 9.17) is 9.26 Å². The number of ether oxygens (including phenoxy) is 1. The number of unbranched alkanes of at least 4 members (excludes halogenated alkanes) is 30. The summed E-state index contributed by atoms with van der Waals surface area (Å²) in [6.45, 7) is 19.2. The molecule has 330 valence electrons. The molecule has 0 saturated heterocycles. The highest BCUT2D eigenvalue weighted by Crippen LogP contribution is 2.44. The fraction of sp³-hybridized carbons (Fsp3) is 0.882. The predicted molar refractivity (Wildman–Crippen MR) is 248 cm³/mol. The maximum absolute atomic E-state index is 11.8. The lowest BCUT2D eigenvalue weighted by atomic mass is 9.74. The van der Waals surface area contributed by atoms with Crippen LogP contribution in [0.3, 0.4) is 0 Å². The van der Waals surface area contributed by atoms with Crippen molar-refractivity contribution in [3.05, 3.63) is 28.3 Å². The van der Waals surface area contributed by atoms with Crippen LogP contribution >= 0.6 is 8.25 Å². The quantitative estimate of drug-likeness (QED) is 0.0534. The summed E-state index contributed by atoms with van der Waals surface area (Å²) in [6, 6.07) is 2.24. The van der Waals surface area contributed by atoms with E-state index in [0.717, 1.165) is 37.2 Å². The molecule has 0 bridgehead atoms. The monoisotopic (exact) mass is 805 g/mol. The third kappa shape index (κ3) is 27.0. The first kappa shape index (κ1) is 53.2. The molecule has 56 heavy (non-hydrogen) atoms. The Labute approximate surface area is 351 Å². The van der Waals surface area contributed by atoms with Crippen molar-refractivity contribution in [3.63, 3.8) is 0 Å². The first-order chi connectivity index (χ1) is 26.9. The van der Waals surface area contributed by atoms with E-state index in [1.165, 1.54) is 209 Å². The molecule has 1 aromatic carbocycles. The lowest BCUT2D eigenvalue weighted by Crippen LogP contribution is -2.23. The van der Waals surface area contributed by atoms with Crippen molar-refractivity contribution in [2.24, 2.45) is 0 Å². The fourth-order valence-electron chi connectivity index (χ4n) is 8.49. The van der Waals surface area contributed by atoms with Gasteiger partial charge in [0.05, 0.1) is 13.2 Å². The Morgan fingerprint density at radius 1 is 0.500 bits per heavy atom. The molecular formula is C51H97O4P. The minimum Gasteiger partial charge on any atom is -0.493 e. The van der Waals surface area contributed by atoms with Gasteiger partial charge in [0.25, 0.3) is 0 Å². The van der Waals surface area contributed by atoms with Crippen LogP contribution < -0.4 is 4.74 Å². The van der Waals surface area contributed by atoms with Gasteiger partial charge in [-0.3, -0.25) is 4.57 Å². The molecule has 1 atom stereocenters. The molecule has 1 N–H and O–H groups in total. The summed E-state index contributed by atoms with van der Waals surface area (Å²) in [7, 11) is -3.02. The maximum Gasteiger partial charge on any atom is 0.316 e. The van der Waals surface area contributed by atoms with Crippen molar-refractivity contribution in [2.75, 3.05) is 6.61 Å². The van der Waals surface area contributed by atoms with Crippen molar-refractivity contribution >= 4 is 8.25 Å². The van der Waals surface area contributed by atoms with Crippen LogP contribution in [-0.4, -0.2) is 11.5 Å². The molecule has 0 aliphatic heterocycles. The molecule has 0 spiro atoms. The van der Waals surface area contributed by atoms with Gasteiger partial charge in [-0.05, 0) is 47.3 Å². The van der Waals surface area contributed by atoms with Gasteiger partial charge >= 0.3 is 8.25 Å². The molecule has 0 radical (unpaired) electrons. The van der Waals surface area contributed by atoms with E-state index in [2.05, 4.69) is 61.5 Å². The second kappa shape index (κ2) is 33.9. The summed E-state index contributed by atoms with van der Waals surface area (Å²) >= 11 is 0. The first-order valence-corrected chi connectivity index (χ1v) is 25.9. The zero-order chi connectivity index (χ0) is 41.3. The summed E-state index contributed by atoms with van der Waals surface area (Å²) in [4.78, 5) is 9.66. The molecule has 0 aliphatic rings. The standard InChI is InChI=1S/C51H97O4P/c1-9-11-13-15-17-19-21-23-25-27-29-31-33-35-37-39-41-46-45(44-55-56(52)53)43-47(50(3,4)5)49(48(46)51(6,7)8)54-42-40-38-36-34-32-30-28-26-24-22-20-18-16-14-12-10-2/h43,56H,9-42,44H2,1-8H3,(H,52,53). The van der Waals surface area contributed by atoms with Crippen LogP contribution in [0.2, 0.25) is 0 Å². The Balaban J connectivity index is 2.64. The third-order valence-corrected chi connectivity index (χ3v) is 12.3. The van der Waals surface area contributed by atoms with E-state index < -0.39 is 8.25 Å². The van der Waals surface area contributed by atoms with Crippen LogP contribution in [-0.2, 0) is 32.9 Å². The van der Waals surface area contributed by atoms with Crippen molar-refractivity contribution in [1.29, 1.82) is 0 Å². The number of hydrogen-bond donors (Lipinski definition) is 1. The Morgan fingerprint density at radius 3 is 1.16 bits per heavy atom. The van der Waals surface area contributed by atoms with Gasteiger partial charge in [0.15, 0.2) is 0 Å². The first-order valence-electron chi connectivity index (χ1n) is 24.6. The molecule has 1 aromatic rings. The molecule has 0 saturated carbocycles. The Morgan fingerprint density at radius 2 is 0.839 bits per heavy atom. The van der Waals surface area contributed by atoms with Gasteiger partial charge in [0.2, 0.25) is 0 Å². The predicted octanol–water partition coefficient (Wildman–Crippen LogP) is 17.6. The van der Waals surface area contributed by atoms with Crippen molar-refractivity contribution in [3.8, 4) is 5.75 Å². The van der Waals surface area contributed by atoms with Crippen molar-refractivity contribution in [2.45, 2.75) is 285 Å². The smallest absolute Gasteiger partial charge is 0.316 e. The maximum atomic E-state index is 11.8. The van der Waals surface area contributed by atoms with Gasteiger partial charge < -0.3 is 14.2 Å². The fourth-order valence-corrected chi connectivity index (χ4v) is 8.77. The summed E-state index contributed by atoms with van der Waals surface area (Å²) in [6.07, 6.45) is 44.6. The van der Waals surface area contributed by atoms with Crippen LogP contribution in [0.4, 0.5) is 0 Å². The van der Waals surface area contributed by atoms with E-state index in [1.54, 1.807) is 0 Å². The largest absolute Gasteiger partial charge is 0.493 e. The highest BCUT2D eigenvalue weighted by atomic mass is 31.1. The average molecular weight is 805 g/mol. The third-order valence-electron chi connectivity index (χ3n) is 11.9. The Kier molecular flexibility index (Phi) is 32.2. The molecular weight excluding hydrogens is 708 g/mol. The lowest BCUT2D eigenvalue weighted by molar-refractivity contribution is 0.268. The van der Waals surface area contributed by atoms with E-state index in [9.17, 15) is 9.46 Å². The molecule has 4 nitrogen and oxygen atoms in total. The average Bonchev–Trinajstić information content (AvgIpc) is 3.14. The molecule has 1 unspecified atom stereocenters. The second-order valence-electron chi connectivity index (χ2n) is 19.5. The van der Waals surface area contributed by atoms with Crippen LogP contribution in [0, 0.1) is 0 Å². The molecule has 5 heteroatoms. The van der Waals surface area contributed by atoms with Gasteiger partial charge in [-0.25, -0.2) is 0 Å². The van der Waals surface area contributed by atoms with Crippen LogP contribution in [0.1, 0.15) is 283 Å². The van der Waals surface area contributed by atoms with E-state index in [0.29, 0.717) is 0 Å². The zero-order valence-electron chi connectivity index (χ0n) is 39.0. The summed E-state index contributed by atoms with van der Waals surface area (Å²) in [5.41, 5.74) is 4.54. The van der Waals surface area contributed by atoms with Gasteiger partial charge in [-0.2, -0.15) is 0 Å². The zero-order valence-corrected chi connectivity index (χ0v) is 40.0. The molecule has 0 amide bonds. The van der Waals surface area contributed by atoms with Gasteiger partial charge in [0, 0.05) is 11.1 Å². The molecule has 0 fully saturated rings. The SMILES string of the molecule is CCCCCCCCCCCCCCCCCCOc1c(C(C)(C)C)cc(CO[PH](=O)O)c(CCCCCCCCCCCCCCCCCC)c1C(C)(C)C. The highest BCUT2D eigenvalue weighted by molar-refractivity contribution is 7.32.